The van der Waals surface area contributed by atoms with Crippen molar-refractivity contribution in [3.05, 3.63) is 94.1 Å². The Kier molecular flexibility index (Phi) is 8.97. The van der Waals surface area contributed by atoms with E-state index >= 15 is 0 Å². The first kappa shape index (κ1) is 32.1. The van der Waals surface area contributed by atoms with Crippen molar-refractivity contribution < 1.29 is 41.0 Å². The number of piperidine rings is 1. The lowest BCUT2D eigenvalue weighted by Gasteiger charge is -2.31. The van der Waals surface area contributed by atoms with Crippen molar-refractivity contribution in [1.82, 2.24) is 9.97 Å². The summed E-state index contributed by atoms with van der Waals surface area (Å²) in [4.78, 5) is 21.7. The lowest BCUT2D eigenvalue weighted by Crippen LogP contribution is -2.36. The zero-order valence-corrected chi connectivity index (χ0v) is 24.5. The molecule has 3 heterocycles. The number of benzene rings is 2. The Morgan fingerprint density at radius 3 is 2.31 bits per heavy atom. The van der Waals surface area contributed by atoms with Gasteiger partial charge in [0.1, 0.15) is 18.2 Å². The van der Waals surface area contributed by atoms with Crippen LogP contribution in [0.1, 0.15) is 35.1 Å². The molecule has 0 amide bonds. The fourth-order valence-corrected chi connectivity index (χ4v) is 5.38. The van der Waals surface area contributed by atoms with Crippen molar-refractivity contribution in [2.45, 2.75) is 38.7 Å². The standard InChI is InChI=1S/C32H26ClF6N3O3/c1-18-13-20(29-25(33)15-23(16-40-29)32(37,38)39)5-6-21(18)17-45-27-8-7-22(31(34,35)36)14-24(27)26-3-2-4-28(41-26)42-11-9-19(10-12-42)30(43)44/h2-8,13-16,19H,9-12,17H2,1H3,(H,43,44). The Labute approximate surface area is 259 Å². The maximum atomic E-state index is 13.7. The van der Waals surface area contributed by atoms with Crippen molar-refractivity contribution >= 4 is 23.4 Å². The van der Waals surface area contributed by atoms with E-state index in [0.717, 1.165) is 18.2 Å². The number of aliphatic carboxylic acids is 1. The highest BCUT2D eigenvalue weighted by Gasteiger charge is 2.33. The van der Waals surface area contributed by atoms with Gasteiger partial charge >= 0.3 is 18.3 Å². The van der Waals surface area contributed by atoms with Gasteiger partial charge in [-0.15, -0.1) is 0 Å². The van der Waals surface area contributed by atoms with Crippen molar-refractivity contribution in [3.8, 4) is 28.3 Å². The molecule has 0 radical (unpaired) electrons. The van der Waals surface area contributed by atoms with E-state index < -0.39 is 35.4 Å². The van der Waals surface area contributed by atoms with Crippen molar-refractivity contribution in [1.29, 1.82) is 0 Å². The van der Waals surface area contributed by atoms with Gasteiger partial charge in [-0.25, -0.2) is 4.98 Å². The molecular weight excluding hydrogens is 624 g/mol. The summed E-state index contributed by atoms with van der Waals surface area (Å²) < 4.78 is 86.1. The van der Waals surface area contributed by atoms with Crippen LogP contribution in [0.2, 0.25) is 5.02 Å². The van der Waals surface area contributed by atoms with Gasteiger partial charge in [-0.05, 0) is 73.4 Å². The minimum absolute atomic E-state index is 0.0267. The van der Waals surface area contributed by atoms with Crippen LogP contribution in [0, 0.1) is 12.8 Å². The van der Waals surface area contributed by atoms with Crippen molar-refractivity contribution in [2.24, 2.45) is 5.92 Å². The first-order valence-corrected chi connectivity index (χ1v) is 14.2. The number of carboxylic acids is 1. The Morgan fingerprint density at radius 2 is 1.69 bits per heavy atom. The number of carboxylic acid groups (broad SMARTS) is 1. The molecule has 0 bridgehead atoms. The second kappa shape index (κ2) is 12.6. The van der Waals surface area contributed by atoms with Gasteiger partial charge in [0.25, 0.3) is 0 Å². The third-order valence-electron chi connectivity index (χ3n) is 7.65. The highest BCUT2D eigenvalue weighted by Crippen LogP contribution is 2.39. The number of carbonyl (C=O) groups is 1. The molecule has 1 saturated heterocycles. The molecule has 1 fully saturated rings. The summed E-state index contributed by atoms with van der Waals surface area (Å²) in [5, 5.41) is 9.12. The predicted molar refractivity (Wildman–Crippen MR) is 156 cm³/mol. The van der Waals surface area contributed by atoms with Crippen molar-refractivity contribution in [2.75, 3.05) is 18.0 Å². The van der Waals surface area contributed by atoms with Crippen LogP contribution in [-0.2, 0) is 23.8 Å². The molecule has 5 rings (SSSR count). The molecule has 4 aromatic rings. The van der Waals surface area contributed by atoms with E-state index in [2.05, 4.69) is 9.97 Å². The number of anilines is 1. The molecule has 13 heteroatoms. The Hall–Kier alpha value is -4.32. The Balaban J connectivity index is 1.40. The second-order valence-electron chi connectivity index (χ2n) is 10.7. The first-order chi connectivity index (χ1) is 21.2. The molecule has 2 aromatic heterocycles. The van der Waals surface area contributed by atoms with Crippen LogP contribution in [0.25, 0.3) is 22.5 Å². The number of alkyl halides is 6. The average molecular weight is 650 g/mol. The fraction of sp³-hybridized carbons (Fsp3) is 0.281. The molecule has 0 atom stereocenters. The molecule has 1 aliphatic heterocycles. The molecule has 0 aliphatic carbocycles. The van der Waals surface area contributed by atoms with Gasteiger partial charge in [0.05, 0.1) is 33.5 Å². The molecule has 0 spiro atoms. The minimum atomic E-state index is -4.61. The number of hydrogen-bond acceptors (Lipinski definition) is 5. The quantitative estimate of drug-likeness (QED) is 0.202. The zero-order valence-electron chi connectivity index (χ0n) is 23.7. The summed E-state index contributed by atoms with van der Waals surface area (Å²) in [6, 6.07) is 13.9. The number of ether oxygens (including phenoxy) is 1. The monoisotopic (exact) mass is 649 g/mol. The minimum Gasteiger partial charge on any atom is -0.488 e. The SMILES string of the molecule is Cc1cc(-c2ncc(C(F)(F)F)cc2Cl)ccc1COc1ccc(C(F)(F)F)cc1-c1cccc(N2CCC(C(=O)O)CC2)n1. The third-order valence-corrected chi connectivity index (χ3v) is 7.94. The summed E-state index contributed by atoms with van der Waals surface area (Å²) in [5.74, 6) is -0.629. The lowest BCUT2D eigenvalue weighted by atomic mass is 9.97. The van der Waals surface area contributed by atoms with Crippen LogP contribution in [0.5, 0.6) is 5.75 Å². The number of halogens is 7. The van der Waals surface area contributed by atoms with E-state index in [4.69, 9.17) is 16.3 Å². The van der Waals surface area contributed by atoms with Gasteiger partial charge in [-0.2, -0.15) is 26.3 Å². The molecule has 236 valence electrons. The Morgan fingerprint density at radius 1 is 0.978 bits per heavy atom. The van der Waals surface area contributed by atoms with E-state index in [1.54, 1.807) is 43.3 Å². The van der Waals surface area contributed by atoms with Gasteiger partial charge in [-0.3, -0.25) is 9.78 Å². The summed E-state index contributed by atoms with van der Waals surface area (Å²) in [5.41, 5.74) is 0.571. The second-order valence-corrected chi connectivity index (χ2v) is 11.1. The molecule has 45 heavy (non-hydrogen) atoms. The topological polar surface area (TPSA) is 75.5 Å². The Bertz CT molecular complexity index is 1720. The van der Waals surface area contributed by atoms with E-state index in [1.807, 2.05) is 4.90 Å². The predicted octanol–water partition coefficient (Wildman–Crippen LogP) is 8.69. The summed E-state index contributed by atoms with van der Waals surface area (Å²) in [6.45, 7) is 2.62. The first-order valence-electron chi connectivity index (χ1n) is 13.8. The van der Waals surface area contributed by atoms with Crippen LogP contribution in [-0.4, -0.2) is 34.1 Å². The highest BCUT2D eigenvalue weighted by molar-refractivity contribution is 6.33. The van der Waals surface area contributed by atoms with E-state index in [9.17, 15) is 36.2 Å². The number of aryl methyl sites for hydroxylation is 1. The van der Waals surface area contributed by atoms with Crippen LogP contribution in [0.15, 0.2) is 66.9 Å². The number of pyridine rings is 2. The van der Waals surface area contributed by atoms with Crippen LogP contribution in [0.3, 0.4) is 0 Å². The van der Waals surface area contributed by atoms with Gasteiger partial charge in [0, 0.05) is 30.4 Å². The lowest BCUT2D eigenvalue weighted by molar-refractivity contribution is -0.142. The average Bonchev–Trinajstić information content (AvgIpc) is 2.99. The summed E-state index contributed by atoms with van der Waals surface area (Å²) >= 11 is 6.10. The van der Waals surface area contributed by atoms with Gasteiger partial charge in [-0.1, -0.05) is 29.8 Å². The highest BCUT2D eigenvalue weighted by atomic mass is 35.5. The van der Waals surface area contributed by atoms with Crippen LogP contribution in [0.4, 0.5) is 32.2 Å². The fourth-order valence-electron chi connectivity index (χ4n) is 5.10. The maximum Gasteiger partial charge on any atom is 0.417 e. The largest absolute Gasteiger partial charge is 0.488 e. The molecular formula is C32H26ClF6N3O3. The number of hydrogen-bond donors (Lipinski definition) is 1. The number of aromatic nitrogens is 2. The normalized spacial score (nSPS) is 14.4. The van der Waals surface area contributed by atoms with Gasteiger partial charge in [0.15, 0.2) is 0 Å². The van der Waals surface area contributed by atoms with Gasteiger partial charge < -0.3 is 14.7 Å². The number of nitrogens with zero attached hydrogens (tertiary/aromatic N) is 3. The molecule has 6 nitrogen and oxygen atoms in total. The molecule has 1 aliphatic rings. The molecule has 0 unspecified atom stereocenters. The van der Waals surface area contributed by atoms with Crippen LogP contribution >= 0.6 is 11.6 Å². The van der Waals surface area contributed by atoms with E-state index in [1.165, 1.54) is 6.07 Å². The summed E-state index contributed by atoms with van der Waals surface area (Å²) in [7, 11) is 0. The maximum absolute atomic E-state index is 13.7. The van der Waals surface area contributed by atoms with Crippen molar-refractivity contribution in [3.63, 3.8) is 0 Å². The molecule has 0 saturated carbocycles. The molecule has 2 aromatic carbocycles. The smallest absolute Gasteiger partial charge is 0.417 e. The van der Waals surface area contributed by atoms with E-state index in [-0.39, 0.29) is 34.3 Å². The third kappa shape index (κ3) is 7.33. The van der Waals surface area contributed by atoms with Crippen LogP contribution < -0.4 is 9.64 Å². The number of rotatable bonds is 7. The van der Waals surface area contributed by atoms with Gasteiger partial charge in [0.2, 0.25) is 0 Å². The summed E-state index contributed by atoms with van der Waals surface area (Å²) in [6.07, 6.45) is -7.62. The zero-order chi connectivity index (χ0) is 32.5. The molecule has 1 N–H and O–H groups in total. The van der Waals surface area contributed by atoms with E-state index in [0.29, 0.717) is 54.6 Å².